The van der Waals surface area contributed by atoms with Gasteiger partial charge in [-0.05, 0) is 37.8 Å². The highest BCUT2D eigenvalue weighted by Gasteiger charge is 2.22. The average Bonchev–Trinajstić information content (AvgIpc) is 2.72. The fourth-order valence-electron chi connectivity index (χ4n) is 2.26. The first-order valence-corrected chi connectivity index (χ1v) is 7.12. The van der Waals surface area contributed by atoms with Gasteiger partial charge >= 0.3 is 0 Å². The number of rotatable bonds is 4. The third-order valence-corrected chi connectivity index (χ3v) is 4.36. The maximum Gasteiger partial charge on any atom is 0.252 e. The Labute approximate surface area is 119 Å². The molecule has 0 saturated carbocycles. The Hall–Kier alpha value is -0.580. The third-order valence-electron chi connectivity index (χ3n) is 3.31. The number of amides is 1. The van der Waals surface area contributed by atoms with E-state index in [1.807, 2.05) is 12.4 Å². The SMILES string of the molecule is CNCCNC(=O)c1csc2c1CCC(C)C2.Cl. The molecule has 1 aliphatic rings. The monoisotopic (exact) mass is 288 g/mol. The zero-order valence-corrected chi connectivity index (χ0v) is 12.5. The Morgan fingerprint density at radius 3 is 3.00 bits per heavy atom. The van der Waals surface area contributed by atoms with E-state index in [2.05, 4.69) is 17.6 Å². The van der Waals surface area contributed by atoms with Crippen molar-refractivity contribution in [1.82, 2.24) is 10.6 Å². The van der Waals surface area contributed by atoms with E-state index in [1.54, 1.807) is 11.3 Å². The van der Waals surface area contributed by atoms with Crippen LogP contribution in [0.25, 0.3) is 0 Å². The summed E-state index contributed by atoms with van der Waals surface area (Å²) in [5, 5.41) is 8.00. The fourth-order valence-corrected chi connectivity index (χ4v) is 3.51. The normalized spacial score (nSPS) is 17.8. The molecule has 0 bridgehead atoms. The number of nitrogens with one attached hydrogen (secondary N) is 2. The summed E-state index contributed by atoms with van der Waals surface area (Å²) in [6.07, 6.45) is 3.42. The highest BCUT2D eigenvalue weighted by atomic mass is 35.5. The highest BCUT2D eigenvalue weighted by Crippen LogP contribution is 2.32. The predicted molar refractivity (Wildman–Crippen MR) is 79.0 cm³/mol. The Balaban J connectivity index is 0.00000162. The maximum absolute atomic E-state index is 12.0. The van der Waals surface area contributed by atoms with Crippen LogP contribution in [0.2, 0.25) is 0 Å². The first-order chi connectivity index (χ1) is 8.22. The molecule has 5 heteroatoms. The number of carbonyl (C=O) groups is 1. The van der Waals surface area contributed by atoms with Crippen molar-refractivity contribution < 1.29 is 4.79 Å². The van der Waals surface area contributed by atoms with E-state index in [0.29, 0.717) is 6.54 Å². The van der Waals surface area contributed by atoms with Crippen molar-refractivity contribution in [2.75, 3.05) is 20.1 Å². The minimum Gasteiger partial charge on any atom is -0.351 e. The Morgan fingerprint density at radius 2 is 2.28 bits per heavy atom. The minimum absolute atomic E-state index is 0. The zero-order chi connectivity index (χ0) is 12.3. The fraction of sp³-hybridized carbons (Fsp3) is 0.615. The standard InChI is InChI=1S/C13H20N2OS.ClH/c1-9-3-4-10-11(8-17-12(10)7-9)13(16)15-6-5-14-2;/h8-9,14H,3-7H2,1-2H3,(H,15,16);1H. The molecule has 2 N–H and O–H groups in total. The molecule has 1 amide bonds. The van der Waals surface area contributed by atoms with E-state index < -0.39 is 0 Å². The van der Waals surface area contributed by atoms with Crippen molar-refractivity contribution >= 4 is 29.7 Å². The van der Waals surface area contributed by atoms with Gasteiger partial charge in [0.05, 0.1) is 5.56 Å². The van der Waals surface area contributed by atoms with Gasteiger partial charge in [0.15, 0.2) is 0 Å². The molecule has 1 aromatic rings. The molecule has 1 aromatic heterocycles. The molecule has 1 aliphatic carbocycles. The molecular formula is C13H21ClN2OS. The summed E-state index contributed by atoms with van der Waals surface area (Å²) in [6, 6.07) is 0. The summed E-state index contributed by atoms with van der Waals surface area (Å²) < 4.78 is 0. The predicted octanol–water partition coefficient (Wildman–Crippen LogP) is 2.24. The number of hydrogen-bond donors (Lipinski definition) is 2. The molecule has 18 heavy (non-hydrogen) atoms. The van der Waals surface area contributed by atoms with Gasteiger partial charge in [-0.15, -0.1) is 23.7 Å². The molecule has 1 atom stereocenters. The minimum atomic E-state index is 0. The van der Waals surface area contributed by atoms with E-state index in [9.17, 15) is 4.79 Å². The van der Waals surface area contributed by atoms with Gasteiger partial charge in [-0.3, -0.25) is 4.79 Å². The van der Waals surface area contributed by atoms with Gasteiger partial charge in [0.1, 0.15) is 0 Å². The van der Waals surface area contributed by atoms with Gasteiger partial charge in [0.2, 0.25) is 0 Å². The molecule has 0 aliphatic heterocycles. The molecule has 0 radical (unpaired) electrons. The van der Waals surface area contributed by atoms with Gasteiger partial charge in [0, 0.05) is 23.3 Å². The van der Waals surface area contributed by atoms with Gasteiger partial charge in [-0.25, -0.2) is 0 Å². The van der Waals surface area contributed by atoms with E-state index in [-0.39, 0.29) is 18.3 Å². The van der Waals surface area contributed by atoms with E-state index in [0.717, 1.165) is 30.9 Å². The van der Waals surface area contributed by atoms with Crippen molar-refractivity contribution in [3.05, 3.63) is 21.4 Å². The summed E-state index contributed by atoms with van der Waals surface area (Å²) in [4.78, 5) is 13.4. The van der Waals surface area contributed by atoms with E-state index in [1.165, 1.54) is 16.9 Å². The molecule has 0 saturated heterocycles. The quantitative estimate of drug-likeness (QED) is 0.835. The lowest BCUT2D eigenvalue weighted by Crippen LogP contribution is -2.31. The summed E-state index contributed by atoms with van der Waals surface area (Å²) in [6.45, 7) is 3.79. The molecule has 102 valence electrons. The van der Waals surface area contributed by atoms with Crippen LogP contribution < -0.4 is 10.6 Å². The van der Waals surface area contributed by atoms with Crippen molar-refractivity contribution in [3.63, 3.8) is 0 Å². The Morgan fingerprint density at radius 1 is 1.50 bits per heavy atom. The van der Waals surface area contributed by atoms with Crippen molar-refractivity contribution in [3.8, 4) is 0 Å². The van der Waals surface area contributed by atoms with Crippen LogP contribution in [0.3, 0.4) is 0 Å². The van der Waals surface area contributed by atoms with Gasteiger partial charge in [-0.2, -0.15) is 0 Å². The van der Waals surface area contributed by atoms with Crippen molar-refractivity contribution in [2.24, 2.45) is 5.92 Å². The van der Waals surface area contributed by atoms with Crippen molar-refractivity contribution in [1.29, 1.82) is 0 Å². The first-order valence-electron chi connectivity index (χ1n) is 6.24. The second kappa shape index (κ2) is 7.12. The second-order valence-electron chi connectivity index (χ2n) is 4.76. The van der Waals surface area contributed by atoms with E-state index >= 15 is 0 Å². The third kappa shape index (κ3) is 3.46. The van der Waals surface area contributed by atoms with Crippen LogP contribution in [0.4, 0.5) is 0 Å². The lowest BCUT2D eigenvalue weighted by molar-refractivity contribution is 0.0953. The van der Waals surface area contributed by atoms with Crippen LogP contribution in [0.15, 0.2) is 5.38 Å². The number of thiophene rings is 1. The maximum atomic E-state index is 12.0. The summed E-state index contributed by atoms with van der Waals surface area (Å²) in [5.41, 5.74) is 2.21. The molecule has 0 fully saturated rings. The molecule has 1 unspecified atom stereocenters. The molecule has 1 heterocycles. The van der Waals surface area contributed by atoms with Gasteiger partial charge in [-0.1, -0.05) is 6.92 Å². The summed E-state index contributed by atoms with van der Waals surface area (Å²) >= 11 is 1.75. The largest absolute Gasteiger partial charge is 0.351 e. The number of likely N-dealkylation sites (N-methyl/N-ethyl adjacent to an activating group) is 1. The van der Waals surface area contributed by atoms with Gasteiger partial charge in [0.25, 0.3) is 5.91 Å². The Kier molecular flexibility index (Phi) is 6.12. The first kappa shape index (κ1) is 15.5. The number of halogens is 1. The molecule has 0 spiro atoms. The number of fused-ring (bicyclic) bond motifs is 1. The zero-order valence-electron chi connectivity index (χ0n) is 10.9. The average molecular weight is 289 g/mol. The van der Waals surface area contributed by atoms with Crippen LogP contribution in [0.5, 0.6) is 0 Å². The highest BCUT2D eigenvalue weighted by molar-refractivity contribution is 7.10. The van der Waals surface area contributed by atoms with Crippen LogP contribution >= 0.6 is 23.7 Å². The van der Waals surface area contributed by atoms with E-state index in [4.69, 9.17) is 0 Å². The van der Waals surface area contributed by atoms with Crippen LogP contribution in [0, 0.1) is 5.92 Å². The smallest absolute Gasteiger partial charge is 0.252 e. The molecule has 3 nitrogen and oxygen atoms in total. The molecule has 2 rings (SSSR count). The topological polar surface area (TPSA) is 41.1 Å². The number of carbonyl (C=O) groups excluding carboxylic acids is 1. The molecule has 0 aromatic carbocycles. The lowest BCUT2D eigenvalue weighted by atomic mass is 9.88. The second-order valence-corrected chi connectivity index (χ2v) is 5.72. The Bertz CT molecular complexity index is 406. The van der Waals surface area contributed by atoms with Crippen LogP contribution in [0.1, 0.15) is 34.1 Å². The lowest BCUT2D eigenvalue weighted by Gasteiger charge is -2.18. The summed E-state index contributed by atoms with van der Waals surface area (Å²) in [7, 11) is 1.89. The molecular weight excluding hydrogens is 268 g/mol. The van der Waals surface area contributed by atoms with Crippen LogP contribution in [-0.2, 0) is 12.8 Å². The number of hydrogen-bond acceptors (Lipinski definition) is 3. The van der Waals surface area contributed by atoms with Crippen molar-refractivity contribution in [2.45, 2.75) is 26.2 Å². The summed E-state index contributed by atoms with van der Waals surface area (Å²) in [5.74, 6) is 0.855. The van der Waals surface area contributed by atoms with Crippen LogP contribution in [-0.4, -0.2) is 26.0 Å². The van der Waals surface area contributed by atoms with Gasteiger partial charge < -0.3 is 10.6 Å².